The molecule has 3 rings (SSSR count). The maximum absolute atomic E-state index is 12.9. The van der Waals surface area contributed by atoms with Gasteiger partial charge in [-0.05, 0) is 45.9 Å². The number of carbonyl (C=O) groups excluding carboxylic acids is 2. The molecule has 1 aromatic rings. The Labute approximate surface area is 150 Å². The molecule has 2 saturated heterocycles. The van der Waals surface area contributed by atoms with Crippen molar-refractivity contribution in [3.63, 3.8) is 0 Å². The van der Waals surface area contributed by atoms with Crippen LogP contribution in [0, 0.1) is 19.8 Å². The lowest BCUT2D eigenvalue weighted by Crippen LogP contribution is -2.52. The zero-order valence-corrected chi connectivity index (χ0v) is 15.6. The summed E-state index contributed by atoms with van der Waals surface area (Å²) in [6.07, 6.45) is 1.79. The van der Waals surface area contributed by atoms with Gasteiger partial charge in [0.05, 0.1) is 5.92 Å². The van der Waals surface area contributed by atoms with E-state index in [2.05, 4.69) is 18.0 Å². The van der Waals surface area contributed by atoms with E-state index in [4.69, 9.17) is 0 Å². The molecule has 0 saturated carbocycles. The maximum atomic E-state index is 12.9. The van der Waals surface area contributed by atoms with E-state index in [-0.39, 0.29) is 17.7 Å². The zero-order chi connectivity index (χ0) is 18.0. The van der Waals surface area contributed by atoms with Gasteiger partial charge in [0.25, 0.3) is 5.91 Å². The Balaban J connectivity index is 1.66. The van der Waals surface area contributed by atoms with Crippen LogP contribution in [0.3, 0.4) is 0 Å². The second kappa shape index (κ2) is 7.56. The topological polar surface area (TPSA) is 43.9 Å². The lowest BCUT2D eigenvalue weighted by Gasteiger charge is -2.38. The number of benzene rings is 1. The SMILES string of the molecule is Cc1cc(C)cc(C(=O)N2CCCC(C(=O)N3CCN(C)CC3)C2)c1. The quantitative estimate of drug-likeness (QED) is 0.824. The van der Waals surface area contributed by atoms with Crippen LogP contribution in [0.1, 0.15) is 34.3 Å². The van der Waals surface area contributed by atoms with Crippen molar-refractivity contribution in [2.45, 2.75) is 26.7 Å². The fourth-order valence-electron chi connectivity index (χ4n) is 3.93. The van der Waals surface area contributed by atoms with Crippen LogP contribution in [0.5, 0.6) is 0 Å². The normalized spacial score (nSPS) is 22.1. The summed E-state index contributed by atoms with van der Waals surface area (Å²) < 4.78 is 0. The first kappa shape index (κ1) is 17.9. The van der Waals surface area contributed by atoms with Gasteiger partial charge in [0.1, 0.15) is 0 Å². The largest absolute Gasteiger partial charge is 0.340 e. The van der Waals surface area contributed by atoms with Crippen molar-refractivity contribution in [2.75, 3.05) is 46.3 Å². The van der Waals surface area contributed by atoms with Crippen molar-refractivity contribution in [3.8, 4) is 0 Å². The number of piperidine rings is 1. The van der Waals surface area contributed by atoms with Gasteiger partial charge in [0.2, 0.25) is 5.91 Å². The van der Waals surface area contributed by atoms with Gasteiger partial charge in [-0.25, -0.2) is 0 Å². The average Bonchev–Trinajstić information content (AvgIpc) is 2.60. The van der Waals surface area contributed by atoms with Crippen LogP contribution in [-0.2, 0) is 4.79 Å². The smallest absolute Gasteiger partial charge is 0.253 e. The van der Waals surface area contributed by atoms with E-state index in [0.717, 1.165) is 62.3 Å². The molecule has 0 spiro atoms. The first-order chi connectivity index (χ1) is 11.9. The molecule has 0 bridgehead atoms. The van der Waals surface area contributed by atoms with E-state index in [1.165, 1.54) is 0 Å². The second-order valence-corrected chi connectivity index (χ2v) is 7.60. The Kier molecular flexibility index (Phi) is 5.42. The molecule has 2 fully saturated rings. The number of likely N-dealkylation sites (tertiary alicyclic amines) is 1. The number of aryl methyl sites for hydroxylation is 2. The standard InChI is InChI=1S/C20H29N3O2/c1-15-11-16(2)13-18(12-15)20(25)23-6-4-5-17(14-23)19(24)22-9-7-21(3)8-10-22/h11-13,17H,4-10,14H2,1-3H3. The number of piperazine rings is 1. The van der Waals surface area contributed by atoms with Gasteiger partial charge >= 0.3 is 0 Å². The minimum Gasteiger partial charge on any atom is -0.340 e. The van der Waals surface area contributed by atoms with Gasteiger partial charge in [-0.1, -0.05) is 17.2 Å². The number of likely N-dealkylation sites (N-methyl/N-ethyl adjacent to an activating group) is 1. The first-order valence-corrected chi connectivity index (χ1v) is 9.29. The Morgan fingerprint density at radius 2 is 1.56 bits per heavy atom. The van der Waals surface area contributed by atoms with E-state index in [0.29, 0.717) is 6.54 Å². The monoisotopic (exact) mass is 343 g/mol. The summed E-state index contributed by atoms with van der Waals surface area (Å²) in [6.45, 7) is 8.80. The molecule has 2 aliphatic rings. The molecule has 2 aliphatic heterocycles. The molecule has 0 radical (unpaired) electrons. The molecule has 1 unspecified atom stereocenters. The van der Waals surface area contributed by atoms with Crippen LogP contribution >= 0.6 is 0 Å². The summed E-state index contributed by atoms with van der Waals surface area (Å²) >= 11 is 0. The number of carbonyl (C=O) groups is 2. The molecule has 1 aromatic carbocycles. The van der Waals surface area contributed by atoms with Gasteiger partial charge < -0.3 is 14.7 Å². The van der Waals surface area contributed by atoms with Gasteiger partial charge in [0.15, 0.2) is 0 Å². The fourth-order valence-corrected chi connectivity index (χ4v) is 3.93. The predicted octanol–water partition coefficient (Wildman–Crippen LogP) is 1.93. The van der Waals surface area contributed by atoms with E-state index in [9.17, 15) is 9.59 Å². The fraction of sp³-hybridized carbons (Fsp3) is 0.600. The molecule has 0 aromatic heterocycles. The summed E-state index contributed by atoms with van der Waals surface area (Å²) in [7, 11) is 2.09. The molecule has 1 atom stereocenters. The highest BCUT2D eigenvalue weighted by Crippen LogP contribution is 2.22. The molecule has 25 heavy (non-hydrogen) atoms. The summed E-state index contributed by atoms with van der Waals surface area (Å²) in [6, 6.07) is 5.97. The molecular formula is C20H29N3O2. The van der Waals surface area contributed by atoms with E-state index >= 15 is 0 Å². The highest BCUT2D eigenvalue weighted by molar-refractivity contribution is 5.95. The Morgan fingerprint density at radius 3 is 2.20 bits per heavy atom. The van der Waals surface area contributed by atoms with E-state index in [1.807, 2.05) is 35.8 Å². The first-order valence-electron chi connectivity index (χ1n) is 9.29. The lowest BCUT2D eigenvalue weighted by atomic mass is 9.95. The van der Waals surface area contributed by atoms with Crippen LogP contribution in [-0.4, -0.2) is 72.8 Å². The number of hydrogen-bond acceptors (Lipinski definition) is 3. The molecule has 2 amide bonds. The summed E-state index contributed by atoms with van der Waals surface area (Å²) in [4.78, 5) is 31.8. The number of hydrogen-bond donors (Lipinski definition) is 0. The molecule has 5 nitrogen and oxygen atoms in total. The van der Waals surface area contributed by atoms with Crippen molar-refractivity contribution in [1.29, 1.82) is 0 Å². The number of nitrogens with zero attached hydrogens (tertiary/aromatic N) is 3. The molecular weight excluding hydrogens is 314 g/mol. The van der Waals surface area contributed by atoms with Crippen molar-refractivity contribution < 1.29 is 9.59 Å². The third-order valence-corrected chi connectivity index (χ3v) is 5.34. The van der Waals surface area contributed by atoms with Crippen LogP contribution in [0.2, 0.25) is 0 Å². The summed E-state index contributed by atoms with van der Waals surface area (Å²) in [5.74, 6) is 0.237. The maximum Gasteiger partial charge on any atom is 0.253 e. The number of amides is 2. The second-order valence-electron chi connectivity index (χ2n) is 7.60. The lowest BCUT2D eigenvalue weighted by molar-refractivity contribution is -0.138. The third-order valence-electron chi connectivity index (χ3n) is 5.34. The van der Waals surface area contributed by atoms with Gasteiger partial charge in [-0.3, -0.25) is 9.59 Å². The average molecular weight is 343 g/mol. The predicted molar refractivity (Wildman–Crippen MR) is 98.6 cm³/mol. The zero-order valence-electron chi connectivity index (χ0n) is 15.6. The summed E-state index contributed by atoms with van der Waals surface area (Å²) in [5, 5.41) is 0. The number of rotatable bonds is 2. The highest BCUT2D eigenvalue weighted by Gasteiger charge is 2.32. The van der Waals surface area contributed by atoms with Gasteiger partial charge in [-0.15, -0.1) is 0 Å². The van der Waals surface area contributed by atoms with E-state index in [1.54, 1.807) is 0 Å². The van der Waals surface area contributed by atoms with Gasteiger partial charge in [-0.2, -0.15) is 0 Å². The third kappa shape index (κ3) is 4.21. The van der Waals surface area contributed by atoms with Crippen molar-refractivity contribution >= 4 is 11.8 Å². The van der Waals surface area contributed by atoms with Crippen LogP contribution in [0.4, 0.5) is 0 Å². The Morgan fingerprint density at radius 1 is 0.920 bits per heavy atom. The van der Waals surface area contributed by atoms with Crippen LogP contribution < -0.4 is 0 Å². The van der Waals surface area contributed by atoms with Crippen LogP contribution in [0.25, 0.3) is 0 Å². The summed E-state index contributed by atoms with van der Waals surface area (Å²) in [5.41, 5.74) is 2.95. The van der Waals surface area contributed by atoms with Crippen molar-refractivity contribution in [1.82, 2.24) is 14.7 Å². The van der Waals surface area contributed by atoms with Crippen molar-refractivity contribution in [3.05, 3.63) is 34.9 Å². The molecule has 0 N–H and O–H groups in total. The van der Waals surface area contributed by atoms with Crippen LogP contribution in [0.15, 0.2) is 18.2 Å². The van der Waals surface area contributed by atoms with Gasteiger partial charge in [0, 0.05) is 44.8 Å². The molecule has 2 heterocycles. The Hall–Kier alpha value is -1.88. The highest BCUT2D eigenvalue weighted by atomic mass is 16.2. The minimum atomic E-state index is -0.0491. The molecule has 136 valence electrons. The van der Waals surface area contributed by atoms with E-state index < -0.39 is 0 Å². The Bertz CT molecular complexity index is 630. The minimum absolute atomic E-state index is 0.0491. The molecule has 0 aliphatic carbocycles. The molecule has 5 heteroatoms. The van der Waals surface area contributed by atoms with Crippen molar-refractivity contribution in [2.24, 2.45) is 5.92 Å².